The molecule has 0 unspecified atom stereocenters. The van der Waals surface area contributed by atoms with E-state index in [2.05, 4.69) is 31.4 Å². The minimum absolute atomic E-state index is 0.104. The third-order valence-electron chi connectivity index (χ3n) is 3.56. The Hall–Kier alpha value is -2.13. The summed E-state index contributed by atoms with van der Waals surface area (Å²) in [6.45, 7) is 4.28. The van der Waals surface area contributed by atoms with Crippen molar-refractivity contribution >= 4 is 50.3 Å². The van der Waals surface area contributed by atoms with Crippen molar-refractivity contribution in [1.29, 1.82) is 0 Å². The van der Waals surface area contributed by atoms with Gasteiger partial charge < -0.3 is 9.84 Å². The number of carbonyl (C=O) groups excluding carboxylic acids is 1. The minimum atomic E-state index is -0.239. The Balaban J connectivity index is 1.84. The fourth-order valence-corrected chi connectivity index (χ4v) is 3.62. The van der Waals surface area contributed by atoms with Crippen LogP contribution in [0.3, 0.4) is 0 Å². The van der Waals surface area contributed by atoms with Gasteiger partial charge in [0.1, 0.15) is 5.76 Å². The first-order chi connectivity index (χ1) is 12.5. The molecule has 0 spiro atoms. The molecule has 0 saturated heterocycles. The molecular weight excluding hydrogens is 420 g/mol. The minimum Gasteiger partial charge on any atom is -0.360 e. The van der Waals surface area contributed by atoms with Crippen LogP contribution in [0, 0.1) is 6.92 Å². The number of nitrogens with zero attached hydrogens (tertiary/aromatic N) is 3. The van der Waals surface area contributed by atoms with Gasteiger partial charge in [-0.05, 0) is 31.5 Å². The summed E-state index contributed by atoms with van der Waals surface area (Å²) in [4.78, 5) is 29.5. The largest absolute Gasteiger partial charge is 0.360 e. The van der Waals surface area contributed by atoms with E-state index in [0.717, 1.165) is 10.9 Å². The SMILES string of the molecule is CCCn1c(SCC(=O)Nc2cc(C)on2)nc2ccc(Br)cc2c1=O. The van der Waals surface area contributed by atoms with Gasteiger partial charge in [-0.15, -0.1) is 0 Å². The molecule has 0 aliphatic rings. The van der Waals surface area contributed by atoms with Crippen LogP contribution in [0.4, 0.5) is 5.82 Å². The average molecular weight is 437 g/mol. The van der Waals surface area contributed by atoms with Gasteiger partial charge in [-0.3, -0.25) is 14.2 Å². The van der Waals surface area contributed by atoms with Gasteiger partial charge in [0.25, 0.3) is 5.56 Å². The molecule has 0 aliphatic carbocycles. The Morgan fingerprint density at radius 1 is 1.38 bits per heavy atom. The zero-order chi connectivity index (χ0) is 18.7. The van der Waals surface area contributed by atoms with Crippen LogP contribution in [-0.2, 0) is 11.3 Å². The van der Waals surface area contributed by atoms with Crippen molar-refractivity contribution < 1.29 is 9.32 Å². The molecular formula is C17H17BrN4O3S. The zero-order valence-electron chi connectivity index (χ0n) is 14.3. The second-order valence-electron chi connectivity index (χ2n) is 5.67. The van der Waals surface area contributed by atoms with Gasteiger partial charge in [-0.1, -0.05) is 39.8 Å². The molecule has 3 rings (SSSR count). The second-order valence-corrected chi connectivity index (χ2v) is 7.53. The molecule has 0 atom stereocenters. The number of hydrogen-bond acceptors (Lipinski definition) is 6. The molecule has 1 N–H and O–H groups in total. The Morgan fingerprint density at radius 3 is 2.88 bits per heavy atom. The van der Waals surface area contributed by atoms with Crippen LogP contribution >= 0.6 is 27.7 Å². The van der Waals surface area contributed by atoms with Gasteiger partial charge in [0.2, 0.25) is 5.91 Å². The number of anilines is 1. The molecule has 9 heteroatoms. The van der Waals surface area contributed by atoms with Gasteiger partial charge in [0.05, 0.1) is 16.7 Å². The molecule has 3 aromatic rings. The van der Waals surface area contributed by atoms with Crippen LogP contribution in [-0.4, -0.2) is 26.4 Å². The van der Waals surface area contributed by atoms with Gasteiger partial charge in [0, 0.05) is 17.1 Å². The van der Waals surface area contributed by atoms with Gasteiger partial charge in [-0.25, -0.2) is 4.98 Å². The molecule has 0 aliphatic heterocycles. The van der Waals surface area contributed by atoms with E-state index in [-0.39, 0.29) is 17.2 Å². The lowest BCUT2D eigenvalue weighted by molar-refractivity contribution is -0.113. The van der Waals surface area contributed by atoms with Crippen LogP contribution in [0.5, 0.6) is 0 Å². The van der Waals surface area contributed by atoms with Crippen LogP contribution in [0.15, 0.2) is 43.2 Å². The van der Waals surface area contributed by atoms with Gasteiger partial charge >= 0.3 is 0 Å². The average Bonchev–Trinajstić information content (AvgIpc) is 3.01. The van der Waals surface area contributed by atoms with Crippen molar-refractivity contribution in [2.24, 2.45) is 0 Å². The Kier molecular flexibility index (Phi) is 5.77. The smallest absolute Gasteiger partial charge is 0.262 e. The predicted molar refractivity (Wildman–Crippen MR) is 105 cm³/mol. The molecule has 0 fully saturated rings. The Morgan fingerprint density at radius 2 is 2.19 bits per heavy atom. The molecule has 1 amide bonds. The van der Waals surface area contributed by atoms with E-state index in [9.17, 15) is 9.59 Å². The van der Waals surface area contributed by atoms with E-state index in [1.54, 1.807) is 29.7 Å². The van der Waals surface area contributed by atoms with Crippen LogP contribution in [0.2, 0.25) is 0 Å². The van der Waals surface area contributed by atoms with Crippen molar-refractivity contribution in [3.63, 3.8) is 0 Å². The fraction of sp³-hybridized carbons (Fsp3) is 0.294. The lowest BCUT2D eigenvalue weighted by Gasteiger charge is -2.12. The van der Waals surface area contributed by atoms with Crippen molar-refractivity contribution in [2.45, 2.75) is 32.0 Å². The summed E-state index contributed by atoms with van der Waals surface area (Å²) >= 11 is 4.61. The number of benzene rings is 1. The topological polar surface area (TPSA) is 90.0 Å². The maximum absolute atomic E-state index is 12.8. The van der Waals surface area contributed by atoms with Crippen LogP contribution in [0.25, 0.3) is 10.9 Å². The number of fused-ring (bicyclic) bond motifs is 1. The highest BCUT2D eigenvalue weighted by Gasteiger charge is 2.14. The summed E-state index contributed by atoms with van der Waals surface area (Å²) in [6.07, 6.45) is 0.791. The molecule has 136 valence electrons. The third kappa shape index (κ3) is 4.16. The molecule has 0 saturated carbocycles. The number of hydrogen-bond donors (Lipinski definition) is 1. The van der Waals surface area contributed by atoms with E-state index in [0.29, 0.717) is 34.2 Å². The van der Waals surface area contributed by atoms with Crippen LogP contribution in [0.1, 0.15) is 19.1 Å². The predicted octanol–water partition coefficient (Wildman–Crippen LogP) is 3.60. The first kappa shape index (κ1) is 18.7. The number of halogens is 1. The van der Waals surface area contributed by atoms with E-state index in [1.165, 1.54) is 11.8 Å². The summed E-state index contributed by atoms with van der Waals surface area (Å²) in [5.41, 5.74) is 0.508. The maximum Gasteiger partial charge on any atom is 0.262 e. The lowest BCUT2D eigenvalue weighted by Crippen LogP contribution is -2.24. The maximum atomic E-state index is 12.8. The highest BCUT2D eigenvalue weighted by Crippen LogP contribution is 2.21. The van der Waals surface area contributed by atoms with Crippen molar-refractivity contribution in [1.82, 2.24) is 14.7 Å². The fourth-order valence-electron chi connectivity index (χ4n) is 2.44. The summed E-state index contributed by atoms with van der Waals surface area (Å²) in [5.74, 6) is 0.864. The number of aryl methyl sites for hydroxylation is 1. The number of carbonyl (C=O) groups is 1. The highest BCUT2D eigenvalue weighted by atomic mass is 79.9. The quantitative estimate of drug-likeness (QED) is 0.468. The molecule has 7 nitrogen and oxygen atoms in total. The van der Waals surface area contributed by atoms with Gasteiger partial charge in [-0.2, -0.15) is 0 Å². The van der Waals surface area contributed by atoms with E-state index < -0.39 is 0 Å². The first-order valence-electron chi connectivity index (χ1n) is 8.04. The molecule has 0 bridgehead atoms. The van der Waals surface area contributed by atoms with Crippen molar-refractivity contribution in [3.05, 3.63) is 44.9 Å². The number of aromatic nitrogens is 3. The molecule has 2 aromatic heterocycles. The summed E-state index contributed by atoms with van der Waals surface area (Å²) in [7, 11) is 0. The number of nitrogens with one attached hydrogen (secondary N) is 1. The van der Waals surface area contributed by atoms with E-state index in [4.69, 9.17) is 4.52 Å². The van der Waals surface area contributed by atoms with E-state index >= 15 is 0 Å². The standard InChI is InChI=1S/C17H17BrN4O3S/c1-3-6-22-16(24)12-8-11(18)4-5-13(12)19-17(22)26-9-15(23)20-14-7-10(2)25-21-14/h4-5,7-8H,3,6,9H2,1-2H3,(H,20,21,23). The van der Waals surface area contributed by atoms with Crippen molar-refractivity contribution in [3.8, 4) is 0 Å². The second kappa shape index (κ2) is 8.05. The summed E-state index contributed by atoms with van der Waals surface area (Å²) in [6, 6.07) is 7.04. The number of thioether (sulfide) groups is 1. The Labute approximate surface area is 162 Å². The van der Waals surface area contributed by atoms with Crippen molar-refractivity contribution in [2.75, 3.05) is 11.1 Å². The lowest BCUT2D eigenvalue weighted by atomic mass is 10.2. The number of rotatable bonds is 6. The van der Waals surface area contributed by atoms with E-state index in [1.807, 2.05) is 13.0 Å². The monoisotopic (exact) mass is 436 g/mol. The first-order valence-corrected chi connectivity index (χ1v) is 9.82. The molecule has 26 heavy (non-hydrogen) atoms. The molecule has 2 heterocycles. The normalized spacial score (nSPS) is 11.0. The summed E-state index contributed by atoms with van der Waals surface area (Å²) in [5, 5.41) is 7.47. The third-order valence-corrected chi connectivity index (χ3v) is 5.03. The van der Waals surface area contributed by atoms with Crippen LogP contribution < -0.4 is 10.9 Å². The Bertz CT molecular complexity index is 1010. The van der Waals surface area contributed by atoms with Gasteiger partial charge in [0.15, 0.2) is 11.0 Å². The molecule has 1 aromatic carbocycles. The highest BCUT2D eigenvalue weighted by molar-refractivity contribution is 9.10. The number of amides is 1. The molecule has 0 radical (unpaired) electrons. The zero-order valence-corrected chi connectivity index (χ0v) is 16.7. The summed E-state index contributed by atoms with van der Waals surface area (Å²) < 4.78 is 7.37.